The van der Waals surface area contributed by atoms with Gasteiger partial charge in [-0.2, -0.15) is 0 Å². The van der Waals surface area contributed by atoms with Gasteiger partial charge in [0.05, 0.1) is 12.7 Å². The molecule has 1 saturated heterocycles. The maximum Gasteiger partial charge on any atom is 0.119 e. The second kappa shape index (κ2) is 10.1. The summed E-state index contributed by atoms with van der Waals surface area (Å²) in [5.74, 6) is 0.758. The van der Waals surface area contributed by atoms with Gasteiger partial charge in [0.2, 0.25) is 0 Å². The summed E-state index contributed by atoms with van der Waals surface area (Å²) in [5.41, 5.74) is 2.42. The van der Waals surface area contributed by atoms with E-state index in [2.05, 4.69) is 0 Å². The molecule has 0 aromatic heterocycles. The third-order valence-corrected chi connectivity index (χ3v) is 6.64. The Morgan fingerprint density at radius 2 is 1.69 bits per heavy atom. The normalized spacial score (nSPS) is 32.8. The predicted octanol–water partition coefficient (Wildman–Crippen LogP) is 1.74. The van der Waals surface area contributed by atoms with Gasteiger partial charge in [0.25, 0.3) is 0 Å². The smallest absolute Gasteiger partial charge is 0.119 e. The average Bonchev–Trinajstić information content (AvgIpc) is 3.20. The highest BCUT2D eigenvalue weighted by Crippen LogP contribution is 2.34. The minimum Gasteiger partial charge on any atom is -0.490 e. The van der Waals surface area contributed by atoms with Crippen molar-refractivity contribution in [2.45, 2.75) is 68.4 Å². The Morgan fingerprint density at radius 1 is 0.938 bits per heavy atom. The fraction of sp³-hybridized carbons (Fsp3) is 0.500. The van der Waals surface area contributed by atoms with Gasteiger partial charge < -0.3 is 35.0 Å². The van der Waals surface area contributed by atoms with Crippen molar-refractivity contribution in [3.63, 3.8) is 0 Å². The predicted molar refractivity (Wildman–Crippen MR) is 118 cm³/mol. The van der Waals surface area contributed by atoms with Crippen LogP contribution in [0.2, 0.25) is 5.02 Å². The molecular formula is C24H29ClO7. The second-order valence-electron chi connectivity index (χ2n) is 8.63. The maximum atomic E-state index is 10.4. The molecule has 32 heavy (non-hydrogen) atoms. The summed E-state index contributed by atoms with van der Waals surface area (Å²) in [4.78, 5) is 0. The fourth-order valence-corrected chi connectivity index (χ4v) is 4.59. The van der Waals surface area contributed by atoms with Gasteiger partial charge >= 0.3 is 0 Å². The van der Waals surface area contributed by atoms with Crippen molar-refractivity contribution in [3.8, 4) is 5.75 Å². The third kappa shape index (κ3) is 5.10. The van der Waals surface area contributed by atoms with E-state index in [1.165, 1.54) is 0 Å². The average molecular weight is 465 g/mol. The molecule has 0 spiro atoms. The van der Waals surface area contributed by atoms with E-state index >= 15 is 0 Å². The van der Waals surface area contributed by atoms with Crippen LogP contribution < -0.4 is 4.74 Å². The molecule has 0 amide bonds. The van der Waals surface area contributed by atoms with Crippen molar-refractivity contribution in [2.75, 3.05) is 6.61 Å². The van der Waals surface area contributed by atoms with Crippen LogP contribution in [0.15, 0.2) is 42.5 Å². The highest BCUT2D eigenvalue weighted by molar-refractivity contribution is 6.31. The van der Waals surface area contributed by atoms with E-state index < -0.39 is 37.1 Å². The third-order valence-electron chi connectivity index (χ3n) is 6.27. The standard InChI is InChI=1S/C24H29ClO7/c25-19-8-3-14(24-23(30)22(29)21(28)20(12-26)32-24)10-15(19)9-13-1-5-17(6-2-13)31-18-7-4-16(27)11-18/h1-3,5-6,8,10,16,18,20-24,26-30H,4,7,9,11-12H2/t16-,18?,20+,21+,22-,23+,24-/m0/s1. The highest BCUT2D eigenvalue weighted by atomic mass is 35.5. The zero-order valence-electron chi connectivity index (χ0n) is 17.5. The van der Waals surface area contributed by atoms with Crippen LogP contribution in [0.5, 0.6) is 5.75 Å². The van der Waals surface area contributed by atoms with Crippen molar-refractivity contribution in [1.29, 1.82) is 0 Å². The first-order chi connectivity index (χ1) is 15.4. The lowest BCUT2D eigenvalue weighted by Crippen LogP contribution is -2.55. The van der Waals surface area contributed by atoms with Crippen LogP contribution in [0, 0.1) is 0 Å². The molecule has 7 nitrogen and oxygen atoms in total. The Kier molecular flexibility index (Phi) is 7.37. The molecule has 2 aromatic carbocycles. The van der Waals surface area contributed by atoms with Crippen LogP contribution in [0.1, 0.15) is 42.1 Å². The van der Waals surface area contributed by atoms with Crippen molar-refractivity contribution < 1.29 is 35.0 Å². The quantitative estimate of drug-likeness (QED) is 0.441. The Bertz CT molecular complexity index is 904. The molecule has 2 aliphatic rings. The molecular weight excluding hydrogens is 436 g/mol. The van der Waals surface area contributed by atoms with Crippen LogP contribution >= 0.6 is 11.6 Å². The molecule has 8 heteroatoms. The number of ether oxygens (including phenoxy) is 2. The van der Waals surface area contributed by atoms with Gasteiger partial charge in [-0.1, -0.05) is 35.9 Å². The second-order valence-corrected chi connectivity index (χ2v) is 9.03. The lowest BCUT2D eigenvalue weighted by molar-refractivity contribution is -0.231. The Morgan fingerprint density at radius 3 is 2.34 bits per heavy atom. The summed E-state index contributed by atoms with van der Waals surface area (Å²) in [7, 11) is 0. The Balaban J connectivity index is 1.47. The zero-order valence-corrected chi connectivity index (χ0v) is 18.3. The molecule has 1 aliphatic heterocycles. The van der Waals surface area contributed by atoms with Gasteiger partial charge in [0.15, 0.2) is 0 Å². The van der Waals surface area contributed by atoms with Crippen molar-refractivity contribution in [3.05, 3.63) is 64.2 Å². The number of hydrogen-bond donors (Lipinski definition) is 5. The largest absolute Gasteiger partial charge is 0.490 e. The van der Waals surface area contributed by atoms with Gasteiger partial charge in [0.1, 0.15) is 42.4 Å². The van der Waals surface area contributed by atoms with Crippen molar-refractivity contribution in [1.82, 2.24) is 0 Å². The SMILES string of the molecule is OC[C@H]1O[C@@H](c2ccc(Cl)c(Cc3ccc(OC4CC[C@H](O)C4)cc3)c2)[C@H](O)[C@@H](O)[C@@H]1O. The summed E-state index contributed by atoms with van der Waals surface area (Å²) >= 11 is 6.41. The number of hydrogen-bond acceptors (Lipinski definition) is 7. The minimum absolute atomic E-state index is 0.0421. The highest BCUT2D eigenvalue weighted by Gasteiger charge is 2.44. The molecule has 1 heterocycles. The van der Waals surface area contributed by atoms with E-state index in [-0.39, 0.29) is 12.2 Å². The van der Waals surface area contributed by atoms with Crippen molar-refractivity contribution >= 4 is 11.6 Å². The number of aliphatic hydroxyl groups is 5. The van der Waals surface area contributed by atoms with Crippen LogP contribution in [0.4, 0.5) is 0 Å². The molecule has 7 atom stereocenters. The maximum absolute atomic E-state index is 10.4. The molecule has 2 fully saturated rings. The molecule has 4 rings (SSSR count). The van der Waals surface area contributed by atoms with E-state index in [1.807, 2.05) is 24.3 Å². The monoisotopic (exact) mass is 464 g/mol. The number of rotatable bonds is 6. The van der Waals surface area contributed by atoms with Crippen LogP contribution in [-0.4, -0.2) is 68.8 Å². The lowest BCUT2D eigenvalue weighted by Gasteiger charge is -2.40. The number of aliphatic hydroxyl groups excluding tert-OH is 5. The topological polar surface area (TPSA) is 120 Å². The minimum atomic E-state index is -1.43. The summed E-state index contributed by atoms with van der Waals surface area (Å²) in [6.07, 6.45) is -3.47. The molecule has 0 bridgehead atoms. The molecule has 174 valence electrons. The van der Waals surface area contributed by atoms with Crippen LogP contribution in [-0.2, 0) is 11.2 Å². The van der Waals surface area contributed by atoms with Crippen molar-refractivity contribution in [2.24, 2.45) is 0 Å². The molecule has 1 aliphatic carbocycles. The molecule has 2 aromatic rings. The summed E-state index contributed by atoms with van der Waals surface area (Å²) < 4.78 is 11.6. The van der Waals surface area contributed by atoms with Gasteiger partial charge in [0, 0.05) is 11.4 Å². The Labute approximate surface area is 191 Å². The fourth-order valence-electron chi connectivity index (χ4n) is 4.41. The summed E-state index contributed by atoms with van der Waals surface area (Å²) in [5, 5.41) is 50.1. The molecule has 1 saturated carbocycles. The van der Waals surface area contributed by atoms with Gasteiger partial charge in [-0.15, -0.1) is 0 Å². The van der Waals surface area contributed by atoms with Crippen LogP contribution in [0.25, 0.3) is 0 Å². The van der Waals surface area contributed by atoms with Gasteiger partial charge in [-0.3, -0.25) is 0 Å². The molecule has 5 N–H and O–H groups in total. The summed E-state index contributed by atoms with van der Waals surface area (Å²) in [6.45, 7) is -0.476. The van der Waals surface area contributed by atoms with Gasteiger partial charge in [-0.05, 0) is 54.2 Å². The number of benzene rings is 2. The first kappa shape index (κ1) is 23.4. The zero-order chi connectivity index (χ0) is 22.8. The Hall–Kier alpha value is -1.71. The van der Waals surface area contributed by atoms with E-state index in [4.69, 9.17) is 21.1 Å². The van der Waals surface area contributed by atoms with E-state index in [1.54, 1.807) is 18.2 Å². The van der Waals surface area contributed by atoms with Gasteiger partial charge in [-0.25, -0.2) is 0 Å². The molecule has 0 radical (unpaired) electrons. The lowest BCUT2D eigenvalue weighted by atomic mass is 9.90. The van der Waals surface area contributed by atoms with E-state index in [0.29, 0.717) is 23.4 Å². The molecule has 1 unspecified atom stereocenters. The first-order valence-electron chi connectivity index (χ1n) is 10.9. The first-order valence-corrected chi connectivity index (χ1v) is 11.3. The van der Waals surface area contributed by atoms with E-state index in [0.717, 1.165) is 29.7 Å². The number of halogens is 1. The summed E-state index contributed by atoms with van der Waals surface area (Å²) in [6, 6.07) is 12.9. The van der Waals surface area contributed by atoms with E-state index in [9.17, 15) is 25.5 Å². The van der Waals surface area contributed by atoms with Crippen LogP contribution in [0.3, 0.4) is 0 Å².